The summed E-state index contributed by atoms with van der Waals surface area (Å²) in [6.07, 6.45) is 2.77. The molecule has 27 heavy (non-hydrogen) atoms. The molecule has 136 valence electrons. The van der Waals surface area contributed by atoms with Crippen molar-refractivity contribution < 1.29 is 9.53 Å². The van der Waals surface area contributed by atoms with Gasteiger partial charge in [-0.05, 0) is 48.9 Å². The highest BCUT2D eigenvalue weighted by Crippen LogP contribution is 2.29. The number of aromatic nitrogens is 1. The largest absolute Gasteiger partial charge is 0.487 e. The molecule has 0 bridgehead atoms. The van der Waals surface area contributed by atoms with Gasteiger partial charge in [0, 0.05) is 18.6 Å². The van der Waals surface area contributed by atoms with Gasteiger partial charge in [-0.3, -0.25) is 4.79 Å². The van der Waals surface area contributed by atoms with E-state index < -0.39 is 5.66 Å². The van der Waals surface area contributed by atoms with Crippen molar-refractivity contribution in [3.8, 4) is 5.75 Å². The van der Waals surface area contributed by atoms with Gasteiger partial charge >= 0.3 is 0 Å². The maximum Gasteiger partial charge on any atom is 0.165 e. The van der Waals surface area contributed by atoms with E-state index in [1.807, 2.05) is 79.7 Å². The summed E-state index contributed by atoms with van der Waals surface area (Å²) in [6, 6.07) is 19.9. The number of nitrogens with zero attached hydrogens (tertiary/aromatic N) is 2. The summed E-state index contributed by atoms with van der Waals surface area (Å²) in [5, 5.41) is 4.23. The molecule has 5 nitrogen and oxygen atoms in total. The Labute approximate surface area is 158 Å². The van der Waals surface area contributed by atoms with E-state index in [0.29, 0.717) is 6.61 Å². The van der Waals surface area contributed by atoms with Gasteiger partial charge in [0.1, 0.15) is 12.4 Å². The van der Waals surface area contributed by atoms with Crippen LogP contribution >= 0.6 is 0 Å². The van der Waals surface area contributed by atoms with Crippen molar-refractivity contribution in [2.24, 2.45) is 0 Å². The van der Waals surface area contributed by atoms with E-state index in [0.717, 1.165) is 39.9 Å². The number of fused-ring (bicyclic) bond motifs is 1. The van der Waals surface area contributed by atoms with Gasteiger partial charge in [-0.15, -0.1) is 0 Å². The average molecular weight is 359 g/mol. The van der Waals surface area contributed by atoms with E-state index in [1.54, 1.807) is 0 Å². The van der Waals surface area contributed by atoms with Gasteiger partial charge in [0.15, 0.2) is 11.9 Å². The normalized spacial score (nSPS) is 18.9. The number of aldehydes is 1. The molecule has 0 radical (unpaired) electrons. The Hall–Kier alpha value is -3.34. The molecule has 0 fully saturated rings. The van der Waals surface area contributed by atoms with Gasteiger partial charge in [0.25, 0.3) is 0 Å². The standard InChI is InChI=1S/C22H21N3O2/c1-22(15-26)23-13-21(25(22)2)17-8-11-19(12-9-17)27-14-18-10-7-16-5-3-4-6-20(16)24-18/h3-13,15,23H,14H2,1-2H3. The first-order chi connectivity index (χ1) is 13.1. The molecule has 5 heteroatoms. The van der Waals surface area contributed by atoms with Crippen molar-refractivity contribution in [1.82, 2.24) is 15.2 Å². The summed E-state index contributed by atoms with van der Waals surface area (Å²) in [6.45, 7) is 2.26. The third-order valence-electron chi connectivity index (χ3n) is 4.98. The number of rotatable bonds is 5. The molecular weight excluding hydrogens is 338 g/mol. The minimum Gasteiger partial charge on any atom is -0.487 e. The second kappa shape index (κ2) is 6.76. The van der Waals surface area contributed by atoms with Crippen LogP contribution in [0.3, 0.4) is 0 Å². The van der Waals surface area contributed by atoms with Gasteiger partial charge < -0.3 is 15.0 Å². The molecule has 2 aromatic carbocycles. The van der Waals surface area contributed by atoms with Crippen LogP contribution in [-0.4, -0.2) is 28.9 Å². The lowest BCUT2D eigenvalue weighted by atomic mass is 10.1. The first-order valence-corrected chi connectivity index (χ1v) is 8.85. The summed E-state index contributed by atoms with van der Waals surface area (Å²) in [7, 11) is 1.90. The monoisotopic (exact) mass is 359 g/mol. The summed E-state index contributed by atoms with van der Waals surface area (Å²) in [5.74, 6) is 0.779. The summed E-state index contributed by atoms with van der Waals surface area (Å²) < 4.78 is 5.88. The highest BCUT2D eigenvalue weighted by Gasteiger charge is 2.34. The molecule has 1 atom stereocenters. The van der Waals surface area contributed by atoms with Crippen LogP contribution in [0.15, 0.2) is 66.9 Å². The molecule has 0 saturated carbocycles. The molecule has 0 spiro atoms. The molecule has 4 rings (SSSR count). The zero-order valence-corrected chi connectivity index (χ0v) is 15.3. The third kappa shape index (κ3) is 3.24. The third-order valence-corrected chi connectivity index (χ3v) is 4.98. The van der Waals surface area contributed by atoms with Crippen LogP contribution in [0.1, 0.15) is 18.2 Å². The fourth-order valence-corrected chi connectivity index (χ4v) is 3.12. The summed E-state index contributed by atoms with van der Waals surface area (Å²) >= 11 is 0. The Morgan fingerprint density at radius 2 is 1.89 bits per heavy atom. The molecule has 0 aliphatic carbocycles. The number of benzene rings is 2. The lowest BCUT2D eigenvalue weighted by molar-refractivity contribution is -0.115. The van der Waals surface area contributed by atoms with Crippen LogP contribution in [-0.2, 0) is 11.4 Å². The zero-order valence-electron chi connectivity index (χ0n) is 15.3. The van der Waals surface area contributed by atoms with Gasteiger partial charge in [0.05, 0.1) is 16.9 Å². The van der Waals surface area contributed by atoms with Crippen molar-refractivity contribution in [3.05, 3.63) is 78.1 Å². The summed E-state index contributed by atoms with van der Waals surface area (Å²) in [4.78, 5) is 17.9. The van der Waals surface area contributed by atoms with E-state index in [1.165, 1.54) is 0 Å². The van der Waals surface area contributed by atoms with Crippen LogP contribution in [0.5, 0.6) is 5.75 Å². The SMILES string of the molecule is CN1C(c2ccc(OCc3ccc4ccccc4n3)cc2)=CNC1(C)C=O. The first kappa shape index (κ1) is 17.1. The Morgan fingerprint density at radius 1 is 1.11 bits per heavy atom. The first-order valence-electron chi connectivity index (χ1n) is 8.85. The quantitative estimate of drug-likeness (QED) is 0.706. The lowest BCUT2D eigenvalue weighted by Gasteiger charge is -2.30. The molecule has 2 heterocycles. The number of pyridine rings is 1. The van der Waals surface area contributed by atoms with Crippen molar-refractivity contribution in [3.63, 3.8) is 0 Å². The van der Waals surface area contributed by atoms with E-state index in [-0.39, 0.29) is 0 Å². The van der Waals surface area contributed by atoms with Crippen LogP contribution in [0.4, 0.5) is 0 Å². The average Bonchev–Trinajstić information content (AvgIpc) is 3.02. The Bertz CT molecular complexity index is 1010. The van der Waals surface area contributed by atoms with Crippen molar-refractivity contribution in [2.45, 2.75) is 19.2 Å². The molecular formula is C22H21N3O2. The number of carbonyl (C=O) groups is 1. The van der Waals surface area contributed by atoms with E-state index in [2.05, 4.69) is 16.4 Å². The minimum atomic E-state index is -0.702. The van der Waals surface area contributed by atoms with Crippen LogP contribution in [0.2, 0.25) is 0 Å². The molecule has 0 amide bonds. The topological polar surface area (TPSA) is 54.5 Å². The number of likely N-dealkylation sites (N-methyl/N-ethyl adjacent to an activating group) is 1. The van der Waals surface area contributed by atoms with Crippen molar-refractivity contribution >= 4 is 22.9 Å². The molecule has 1 unspecified atom stereocenters. The maximum absolute atomic E-state index is 11.3. The molecule has 0 saturated heterocycles. The highest BCUT2D eigenvalue weighted by atomic mass is 16.5. The number of carbonyl (C=O) groups excluding carboxylic acids is 1. The molecule has 1 aliphatic heterocycles. The number of hydrogen-bond donors (Lipinski definition) is 1. The molecule has 1 N–H and O–H groups in total. The van der Waals surface area contributed by atoms with Gasteiger partial charge in [-0.2, -0.15) is 0 Å². The Kier molecular flexibility index (Phi) is 4.28. The molecule has 1 aliphatic rings. The van der Waals surface area contributed by atoms with E-state index in [4.69, 9.17) is 4.74 Å². The minimum absolute atomic E-state index is 0.414. The Balaban J connectivity index is 1.44. The number of para-hydroxylation sites is 1. The van der Waals surface area contributed by atoms with Crippen LogP contribution in [0, 0.1) is 0 Å². The fraction of sp³-hybridized carbons (Fsp3) is 0.182. The van der Waals surface area contributed by atoms with Gasteiger partial charge in [-0.1, -0.05) is 24.3 Å². The second-order valence-corrected chi connectivity index (χ2v) is 6.81. The number of ether oxygens (including phenoxy) is 1. The Morgan fingerprint density at radius 3 is 2.63 bits per heavy atom. The lowest BCUT2D eigenvalue weighted by Crippen LogP contribution is -2.48. The highest BCUT2D eigenvalue weighted by molar-refractivity contribution is 5.78. The van der Waals surface area contributed by atoms with Crippen LogP contribution in [0.25, 0.3) is 16.6 Å². The van der Waals surface area contributed by atoms with Gasteiger partial charge in [0.2, 0.25) is 0 Å². The van der Waals surface area contributed by atoms with Crippen molar-refractivity contribution in [2.75, 3.05) is 7.05 Å². The van der Waals surface area contributed by atoms with E-state index in [9.17, 15) is 4.79 Å². The van der Waals surface area contributed by atoms with Gasteiger partial charge in [-0.25, -0.2) is 4.98 Å². The van der Waals surface area contributed by atoms with Crippen LogP contribution < -0.4 is 10.1 Å². The maximum atomic E-state index is 11.3. The second-order valence-electron chi connectivity index (χ2n) is 6.81. The molecule has 1 aromatic heterocycles. The molecule has 3 aromatic rings. The number of hydrogen-bond acceptors (Lipinski definition) is 5. The summed E-state index contributed by atoms with van der Waals surface area (Å²) in [5.41, 5.74) is 3.14. The predicted molar refractivity (Wildman–Crippen MR) is 106 cm³/mol. The zero-order chi connectivity index (χ0) is 18.9. The number of nitrogens with one attached hydrogen (secondary N) is 1. The smallest absolute Gasteiger partial charge is 0.165 e. The van der Waals surface area contributed by atoms with Crippen molar-refractivity contribution in [1.29, 1.82) is 0 Å². The fourth-order valence-electron chi connectivity index (χ4n) is 3.12. The van der Waals surface area contributed by atoms with E-state index >= 15 is 0 Å². The predicted octanol–water partition coefficient (Wildman–Crippen LogP) is 3.56.